The molecule has 9 heteroatoms. The molecule has 286 valence electrons. The van der Waals surface area contributed by atoms with Crippen molar-refractivity contribution in [2.75, 3.05) is 40.9 Å². The number of unbranched alkanes of at least 4 members (excludes halogenated alkanes) is 15. The molecule has 0 spiro atoms. The summed E-state index contributed by atoms with van der Waals surface area (Å²) in [5.74, 6) is -0.219. The number of carbonyl (C=O) groups is 1. The first kappa shape index (κ1) is 47.5. The number of phosphoric ester groups is 1. The molecule has 2 N–H and O–H groups in total. The minimum absolute atomic E-state index is 0.00922. The molecule has 0 aromatic heterocycles. The van der Waals surface area contributed by atoms with E-state index in [0.29, 0.717) is 17.4 Å². The molecule has 0 fully saturated rings. The minimum Gasteiger partial charge on any atom is -0.756 e. The summed E-state index contributed by atoms with van der Waals surface area (Å²) >= 11 is 0. The number of hydrogen-bond acceptors (Lipinski definition) is 6. The number of carbonyl (C=O) groups excluding carboxylic acids is 1. The summed E-state index contributed by atoms with van der Waals surface area (Å²) in [6, 6.07) is -0.902. The number of hydrogen-bond donors (Lipinski definition) is 2. The van der Waals surface area contributed by atoms with Crippen LogP contribution in [0.15, 0.2) is 48.6 Å². The highest BCUT2D eigenvalue weighted by atomic mass is 31.2. The highest BCUT2D eigenvalue weighted by molar-refractivity contribution is 7.45. The van der Waals surface area contributed by atoms with Gasteiger partial charge in [0.25, 0.3) is 7.82 Å². The second-order valence-corrected chi connectivity index (χ2v) is 15.7. The zero-order valence-corrected chi connectivity index (χ0v) is 33.0. The van der Waals surface area contributed by atoms with Crippen LogP contribution in [0.4, 0.5) is 0 Å². The first-order valence-corrected chi connectivity index (χ1v) is 21.0. The Hall–Kier alpha value is -1.54. The number of allylic oxidation sites excluding steroid dienone is 7. The van der Waals surface area contributed by atoms with Crippen molar-refractivity contribution < 1.29 is 32.9 Å². The van der Waals surface area contributed by atoms with Crippen LogP contribution in [0, 0.1) is 0 Å². The molecule has 0 heterocycles. The molecule has 49 heavy (non-hydrogen) atoms. The summed E-state index contributed by atoms with van der Waals surface area (Å²) < 4.78 is 23.0. The second kappa shape index (κ2) is 32.4. The molecule has 1 amide bonds. The molecule has 0 radical (unpaired) electrons. The smallest absolute Gasteiger partial charge is 0.268 e. The van der Waals surface area contributed by atoms with Crippen molar-refractivity contribution in [3.8, 4) is 0 Å². The number of aliphatic hydroxyl groups is 1. The quantitative estimate of drug-likeness (QED) is 0.0298. The van der Waals surface area contributed by atoms with E-state index in [-0.39, 0.29) is 12.5 Å². The fraction of sp³-hybridized carbons (Fsp3) is 0.775. The SMILES string of the molecule is CCCC/C=C/CC/C=C/C(O)C(COP(=O)([O-])OCC[N+](C)(C)C)NC(=O)CCCCCCCCCCC/C=C\C/C=C\CCCCC. The Morgan fingerprint density at radius 1 is 0.714 bits per heavy atom. The van der Waals surface area contributed by atoms with E-state index in [1.807, 2.05) is 27.2 Å². The predicted octanol–water partition coefficient (Wildman–Crippen LogP) is 9.50. The first-order valence-electron chi connectivity index (χ1n) is 19.5. The normalized spacial score (nSPS) is 15.2. The molecule has 0 rings (SSSR count). The maximum absolute atomic E-state index is 12.7. The van der Waals surface area contributed by atoms with Crippen LogP contribution in [0.5, 0.6) is 0 Å². The van der Waals surface area contributed by atoms with Gasteiger partial charge in [0.2, 0.25) is 5.91 Å². The number of likely N-dealkylation sites (N-methyl/N-ethyl adjacent to an activating group) is 1. The molecule has 0 aliphatic heterocycles. The van der Waals surface area contributed by atoms with Gasteiger partial charge in [-0.2, -0.15) is 0 Å². The van der Waals surface area contributed by atoms with E-state index in [9.17, 15) is 19.4 Å². The molecular weight excluding hydrogens is 635 g/mol. The summed E-state index contributed by atoms with van der Waals surface area (Å²) in [5.41, 5.74) is 0. The van der Waals surface area contributed by atoms with Gasteiger partial charge in [-0.25, -0.2) is 0 Å². The molecule has 0 aromatic rings. The Morgan fingerprint density at radius 3 is 1.84 bits per heavy atom. The lowest BCUT2D eigenvalue weighted by Gasteiger charge is -2.29. The third-order valence-corrected chi connectivity index (χ3v) is 9.23. The van der Waals surface area contributed by atoms with Gasteiger partial charge in [0.1, 0.15) is 13.2 Å². The molecule has 3 atom stereocenters. The molecule has 0 aliphatic carbocycles. The van der Waals surface area contributed by atoms with Gasteiger partial charge in [-0.3, -0.25) is 9.36 Å². The third kappa shape index (κ3) is 34.7. The molecule has 0 aliphatic rings. The molecule has 0 aromatic carbocycles. The summed E-state index contributed by atoms with van der Waals surface area (Å²) in [4.78, 5) is 25.1. The number of rotatable bonds is 34. The van der Waals surface area contributed by atoms with Crippen molar-refractivity contribution in [1.82, 2.24) is 5.32 Å². The predicted molar refractivity (Wildman–Crippen MR) is 205 cm³/mol. The van der Waals surface area contributed by atoms with E-state index in [1.165, 1.54) is 83.5 Å². The minimum atomic E-state index is -4.58. The lowest BCUT2D eigenvalue weighted by atomic mass is 10.1. The van der Waals surface area contributed by atoms with Gasteiger partial charge in [0, 0.05) is 6.42 Å². The zero-order valence-electron chi connectivity index (χ0n) is 32.1. The van der Waals surface area contributed by atoms with Crippen LogP contribution in [-0.2, 0) is 18.4 Å². The van der Waals surface area contributed by atoms with Crippen LogP contribution < -0.4 is 10.2 Å². The zero-order chi connectivity index (χ0) is 36.5. The summed E-state index contributed by atoms with van der Waals surface area (Å²) in [6.45, 7) is 4.49. The average Bonchev–Trinajstić information content (AvgIpc) is 3.04. The van der Waals surface area contributed by atoms with Crippen LogP contribution in [0.3, 0.4) is 0 Å². The lowest BCUT2D eigenvalue weighted by Crippen LogP contribution is -2.45. The van der Waals surface area contributed by atoms with Crippen LogP contribution in [0.25, 0.3) is 0 Å². The van der Waals surface area contributed by atoms with Crippen molar-refractivity contribution >= 4 is 13.7 Å². The highest BCUT2D eigenvalue weighted by Gasteiger charge is 2.23. The van der Waals surface area contributed by atoms with Crippen molar-refractivity contribution in [3.05, 3.63) is 48.6 Å². The maximum atomic E-state index is 12.7. The number of amides is 1. The molecular formula is C40H75N2O6P. The van der Waals surface area contributed by atoms with Gasteiger partial charge in [0.05, 0.1) is 39.9 Å². The van der Waals surface area contributed by atoms with Crippen molar-refractivity contribution in [1.29, 1.82) is 0 Å². The van der Waals surface area contributed by atoms with Crippen molar-refractivity contribution in [2.24, 2.45) is 0 Å². The Morgan fingerprint density at radius 2 is 1.22 bits per heavy atom. The fourth-order valence-electron chi connectivity index (χ4n) is 5.06. The van der Waals surface area contributed by atoms with Crippen LogP contribution >= 0.6 is 7.82 Å². The number of quaternary nitrogens is 1. The largest absolute Gasteiger partial charge is 0.756 e. The molecule has 8 nitrogen and oxygen atoms in total. The number of nitrogens with one attached hydrogen (secondary N) is 1. The van der Waals surface area contributed by atoms with E-state index in [0.717, 1.165) is 44.9 Å². The van der Waals surface area contributed by atoms with Gasteiger partial charge < -0.3 is 28.8 Å². The number of aliphatic hydroxyl groups excluding tert-OH is 1. The monoisotopic (exact) mass is 711 g/mol. The van der Waals surface area contributed by atoms with Gasteiger partial charge >= 0.3 is 0 Å². The Bertz CT molecular complexity index is 944. The Kier molecular flexibility index (Phi) is 31.4. The summed E-state index contributed by atoms with van der Waals surface area (Å²) in [5, 5.41) is 13.6. The van der Waals surface area contributed by atoms with Gasteiger partial charge in [-0.05, 0) is 57.8 Å². The number of phosphoric acid groups is 1. The average molecular weight is 711 g/mol. The number of nitrogens with zero attached hydrogens (tertiary/aromatic N) is 1. The van der Waals surface area contributed by atoms with Crippen LogP contribution in [0.2, 0.25) is 0 Å². The highest BCUT2D eigenvalue weighted by Crippen LogP contribution is 2.38. The van der Waals surface area contributed by atoms with Crippen molar-refractivity contribution in [2.45, 2.75) is 161 Å². The van der Waals surface area contributed by atoms with E-state index in [1.54, 1.807) is 6.08 Å². The molecule has 0 saturated heterocycles. The third-order valence-electron chi connectivity index (χ3n) is 8.26. The Labute approximate surface area is 301 Å². The maximum Gasteiger partial charge on any atom is 0.268 e. The Balaban J connectivity index is 4.38. The van der Waals surface area contributed by atoms with E-state index < -0.39 is 26.6 Å². The van der Waals surface area contributed by atoms with Crippen LogP contribution in [-0.4, -0.2) is 68.5 Å². The second-order valence-electron chi connectivity index (χ2n) is 14.3. The lowest BCUT2D eigenvalue weighted by molar-refractivity contribution is -0.870. The van der Waals surface area contributed by atoms with Crippen LogP contribution in [0.1, 0.15) is 149 Å². The fourth-order valence-corrected chi connectivity index (χ4v) is 5.79. The standard InChI is InChI=1S/C40H75N2O6P/c1-6-8-10-12-14-16-17-18-19-20-21-22-23-24-25-26-28-30-32-34-40(44)41-38(37-48-49(45,46)47-36-35-42(3,4)5)39(43)33-31-29-27-15-13-11-9-7-2/h13-16,18-19,31,33,38-39,43H,6-12,17,20-30,32,34-37H2,1-5H3,(H-,41,44,45,46)/b15-13+,16-14-,19-18-,33-31+. The molecule has 0 bridgehead atoms. The van der Waals surface area contributed by atoms with E-state index >= 15 is 0 Å². The topological polar surface area (TPSA) is 108 Å². The van der Waals surface area contributed by atoms with E-state index in [4.69, 9.17) is 9.05 Å². The van der Waals surface area contributed by atoms with Crippen molar-refractivity contribution in [3.63, 3.8) is 0 Å². The van der Waals surface area contributed by atoms with Gasteiger partial charge in [-0.15, -0.1) is 0 Å². The van der Waals surface area contributed by atoms with E-state index in [2.05, 4.69) is 55.6 Å². The van der Waals surface area contributed by atoms with Gasteiger partial charge in [0.15, 0.2) is 0 Å². The molecule has 0 saturated carbocycles. The first-order chi connectivity index (χ1) is 23.5. The molecule has 3 unspecified atom stereocenters. The summed E-state index contributed by atoms with van der Waals surface area (Å²) in [7, 11) is 1.23. The van der Waals surface area contributed by atoms with Gasteiger partial charge in [-0.1, -0.05) is 133 Å². The summed E-state index contributed by atoms with van der Waals surface area (Å²) in [6.07, 6.45) is 38.8.